The molecule has 98 valence electrons. The molecule has 0 saturated heterocycles. The first-order chi connectivity index (χ1) is 8.77. The van der Waals surface area contributed by atoms with Gasteiger partial charge in [-0.3, -0.25) is 10.3 Å². The molecule has 0 fully saturated rings. The Morgan fingerprint density at radius 2 is 2.33 bits per heavy atom. The Morgan fingerprint density at radius 3 is 2.94 bits per heavy atom. The maximum Gasteiger partial charge on any atom is 0.204 e. The minimum Gasteiger partial charge on any atom is -0.359 e. The van der Waals surface area contributed by atoms with E-state index in [1.807, 2.05) is 13.1 Å². The highest BCUT2D eigenvalue weighted by molar-refractivity contribution is 5.80. The molecule has 0 aliphatic carbocycles. The third-order valence-electron chi connectivity index (χ3n) is 2.69. The SMILES string of the molecule is CN/C(=N/CCCCCc1nc[nH]c1C)NC#N. The summed E-state index contributed by atoms with van der Waals surface area (Å²) in [6.45, 7) is 2.77. The van der Waals surface area contributed by atoms with Crippen LogP contribution in [0.4, 0.5) is 0 Å². The van der Waals surface area contributed by atoms with E-state index >= 15 is 0 Å². The van der Waals surface area contributed by atoms with Crippen LogP contribution in [0.3, 0.4) is 0 Å². The van der Waals surface area contributed by atoms with Crippen LogP contribution >= 0.6 is 0 Å². The lowest BCUT2D eigenvalue weighted by Gasteiger charge is -2.02. The third kappa shape index (κ3) is 4.87. The van der Waals surface area contributed by atoms with Gasteiger partial charge in [-0.1, -0.05) is 6.42 Å². The topological polar surface area (TPSA) is 88.9 Å². The predicted molar refractivity (Wildman–Crippen MR) is 71.0 cm³/mol. The van der Waals surface area contributed by atoms with Gasteiger partial charge in [0.15, 0.2) is 6.19 Å². The van der Waals surface area contributed by atoms with E-state index in [-0.39, 0.29) is 0 Å². The van der Waals surface area contributed by atoms with E-state index in [0.717, 1.165) is 43.6 Å². The molecule has 0 radical (unpaired) electrons. The second kappa shape index (κ2) is 8.12. The van der Waals surface area contributed by atoms with Crippen LogP contribution in [-0.2, 0) is 6.42 Å². The minimum atomic E-state index is 0.528. The Hall–Kier alpha value is -2.03. The Balaban J connectivity index is 2.12. The number of hydrogen-bond acceptors (Lipinski definition) is 3. The second-order valence-electron chi connectivity index (χ2n) is 4.00. The lowest BCUT2D eigenvalue weighted by atomic mass is 10.1. The van der Waals surface area contributed by atoms with Gasteiger partial charge in [-0.2, -0.15) is 5.26 Å². The quantitative estimate of drug-likeness (QED) is 0.231. The highest BCUT2D eigenvalue weighted by Crippen LogP contribution is 2.07. The fourth-order valence-electron chi connectivity index (χ4n) is 1.65. The van der Waals surface area contributed by atoms with Gasteiger partial charge in [-0.05, 0) is 26.2 Å². The lowest BCUT2D eigenvalue weighted by Crippen LogP contribution is -2.31. The van der Waals surface area contributed by atoms with Crippen LogP contribution in [0.5, 0.6) is 0 Å². The zero-order valence-electron chi connectivity index (χ0n) is 11.0. The van der Waals surface area contributed by atoms with E-state index < -0.39 is 0 Å². The zero-order valence-corrected chi connectivity index (χ0v) is 11.0. The minimum absolute atomic E-state index is 0.528. The van der Waals surface area contributed by atoms with Gasteiger partial charge in [0.05, 0.1) is 12.0 Å². The average Bonchev–Trinajstić information content (AvgIpc) is 2.78. The summed E-state index contributed by atoms with van der Waals surface area (Å²) >= 11 is 0. The molecule has 6 heteroatoms. The molecule has 0 aliphatic rings. The first-order valence-corrected chi connectivity index (χ1v) is 6.14. The number of aryl methyl sites for hydroxylation is 2. The molecule has 1 aromatic rings. The molecule has 0 saturated carbocycles. The molecule has 6 nitrogen and oxygen atoms in total. The summed E-state index contributed by atoms with van der Waals surface area (Å²) in [5.74, 6) is 0.528. The van der Waals surface area contributed by atoms with Crippen LogP contribution in [0.1, 0.15) is 30.7 Å². The van der Waals surface area contributed by atoms with Crippen molar-refractivity contribution in [2.75, 3.05) is 13.6 Å². The molecule has 18 heavy (non-hydrogen) atoms. The molecule has 1 heterocycles. The van der Waals surface area contributed by atoms with Crippen LogP contribution in [-0.4, -0.2) is 29.5 Å². The van der Waals surface area contributed by atoms with E-state index in [1.165, 1.54) is 0 Å². The maximum absolute atomic E-state index is 8.45. The number of rotatable bonds is 6. The number of nitriles is 1. The third-order valence-corrected chi connectivity index (χ3v) is 2.69. The number of aliphatic imine (C=N–C) groups is 1. The van der Waals surface area contributed by atoms with Gasteiger partial charge in [0.25, 0.3) is 0 Å². The van der Waals surface area contributed by atoms with Gasteiger partial charge in [0.1, 0.15) is 0 Å². The summed E-state index contributed by atoms with van der Waals surface area (Å²) in [5, 5.41) is 13.8. The molecule has 0 amide bonds. The van der Waals surface area contributed by atoms with Crippen molar-refractivity contribution in [3.05, 3.63) is 17.7 Å². The van der Waals surface area contributed by atoms with E-state index in [0.29, 0.717) is 5.96 Å². The number of imidazole rings is 1. The van der Waals surface area contributed by atoms with Crippen LogP contribution in [0.15, 0.2) is 11.3 Å². The van der Waals surface area contributed by atoms with E-state index in [1.54, 1.807) is 13.4 Å². The van der Waals surface area contributed by atoms with E-state index in [2.05, 4.69) is 25.6 Å². The Morgan fingerprint density at radius 1 is 1.50 bits per heavy atom. The number of aromatic nitrogens is 2. The largest absolute Gasteiger partial charge is 0.359 e. The number of nitrogens with zero attached hydrogens (tertiary/aromatic N) is 3. The number of hydrogen-bond donors (Lipinski definition) is 3. The summed E-state index contributed by atoms with van der Waals surface area (Å²) in [4.78, 5) is 11.6. The van der Waals surface area contributed by atoms with Crippen LogP contribution in [0.25, 0.3) is 0 Å². The second-order valence-corrected chi connectivity index (χ2v) is 4.00. The van der Waals surface area contributed by atoms with Crippen LogP contribution in [0, 0.1) is 18.4 Å². The van der Waals surface area contributed by atoms with Gasteiger partial charge in [0.2, 0.25) is 5.96 Å². The summed E-state index contributed by atoms with van der Waals surface area (Å²) in [5.41, 5.74) is 2.31. The van der Waals surface area contributed by atoms with Crippen molar-refractivity contribution in [2.45, 2.75) is 32.6 Å². The zero-order chi connectivity index (χ0) is 13.2. The Labute approximate surface area is 108 Å². The van der Waals surface area contributed by atoms with Crippen molar-refractivity contribution in [1.29, 1.82) is 5.26 Å². The standard InChI is InChI=1S/C12H20N6/c1-10-11(18-9-17-10)6-4-3-5-7-15-12(14-2)16-8-13/h9H,3-7H2,1-2H3,(H,17,18)(H2,14,15,16). The summed E-state index contributed by atoms with van der Waals surface area (Å²) in [7, 11) is 1.74. The van der Waals surface area contributed by atoms with Crippen molar-refractivity contribution in [1.82, 2.24) is 20.6 Å². The van der Waals surface area contributed by atoms with E-state index in [4.69, 9.17) is 5.26 Å². The number of H-pyrrole nitrogens is 1. The fraction of sp³-hybridized carbons (Fsp3) is 0.583. The molecule has 1 rings (SSSR count). The molecule has 0 bridgehead atoms. The molecule has 0 aromatic carbocycles. The van der Waals surface area contributed by atoms with E-state index in [9.17, 15) is 0 Å². The smallest absolute Gasteiger partial charge is 0.204 e. The predicted octanol–water partition coefficient (Wildman–Crippen LogP) is 1.08. The summed E-state index contributed by atoms with van der Waals surface area (Å²) < 4.78 is 0. The van der Waals surface area contributed by atoms with Crippen LogP contribution in [0.2, 0.25) is 0 Å². The number of guanidine groups is 1. The first-order valence-electron chi connectivity index (χ1n) is 6.14. The van der Waals surface area contributed by atoms with Gasteiger partial charge in [-0.15, -0.1) is 0 Å². The number of aromatic amines is 1. The molecule has 3 N–H and O–H groups in total. The number of nitrogens with one attached hydrogen (secondary N) is 3. The molecule has 0 aliphatic heterocycles. The Kier molecular flexibility index (Phi) is 6.33. The Bertz CT molecular complexity index is 414. The lowest BCUT2D eigenvalue weighted by molar-refractivity contribution is 0.677. The number of unbranched alkanes of at least 4 members (excludes halogenated alkanes) is 2. The molecule has 0 atom stereocenters. The monoisotopic (exact) mass is 248 g/mol. The average molecular weight is 248 g/mol. The highest BCUT2D eigenvalue weighted by atomic mass is 15.1. The van der Waals surface area contributed by atoms with Gasteiger partial charge in [0, 0.05) is 19.3 Å². The highest BCUT2D eigenvalue weighted by Gasteiger charge is 2.00. The summed E-state index contributed by atoms with van der Waals surface area (Å²) in [6, 6.07) is 0. The molecule has 0 unspecified atom stereocenters. The van der Waals surface area contributed by atoms with Gasteiger partial charge in [-0.25, -0.2) is 4.98 Å². The normalized spacial score (nSPS) is 11.1. The van der Waals surface area contributed by atoms with Crippen molar-refractivity contribution >= 4 is 5.96 Å². The maximum atomic E-state index is 8.45. The molecule has 0 spiro atoms. The molecular formula is C12H20N6. The van der Waals surface area contributed by atoms with Crippen LogP contribution < -0.4 is 10.6 Å². The fourth-order valence-corrected chi connectivity index (χ4v) is 1.65. The van der Waals surface area contributed by atoms with Crippen molar-refractivity contribution in [3.8, 4) is 6.19 Å². The van der Waals surface area contributed by atoms with Gasteiger partial charge < -0.3 is 10.3 Å². The van der Waals surface area contributed by atoms with Gasteiger partial charge >= 0.3 is 0 Å². The first kappa shape index (κ1) is 14.0. The molecular weight excluding hydrogens is 228 g/mol. The summed E-state index contributed by atoms with van der Waals surface area (Å²) in [6.07, 6.45) is 7.83. The molecule has 1 aromatic heterocycles. The van der Waals surface area contributed by atoms with Crippen molar-refractivity contribution < 1.29 is 0 Å². The van der Waals surface area contributed by atoms with Crippen molar-refractivity contribution in [3.63, 3.8) is 0 Å². The van der Waals surface area contributed by atoms with Crippen molar-refractivity contribution in [2.24, 2.45) is 4.99 Å².